The van der Waals surface area contributed by atoms with Gasteiger partial charge in [-0.25, -0.2) is 0 Å². The molecule has 1 aromatic rings. The van der Waals surface area contributed by atoms with Crippen LogP contribution < -0.4 is 10.6 Å². The lowest BCUT2D eigenvalue weighted by atomic mass is 9.91. The Morgan fingerprint density at radius 1 is 1.24 bits per heavy atom. The quantitative estimate of drug-likeness (QED) is 0.743. The average molecular weight is 287 g/mol. The largest absolute Gasteiger partial charge is 0.399 e. The van der Waals surface area contributed by atoms with Crippen LogP contribution in [0, 0.1) is 5.41 Å². The minimum atomic E-state index is -0.848. The molecule has 0 aromatic heterocycles. The number of fused-ring (bicyclic) bond motifs is 5. The monoisotopic (exact) mass is 287 g/mol. The molecule has 112 valence electrons. The molecule has 0 unspecified atom stereocenters. The zero-order valence-electron chi connectivity index (χ0n) is 12.6. The lowest BCUT2D eigenvalue weighted by Crippen LogP contribution is -2.52. The van der Waals surface area contributed by atoms with E-state index < -0.39 is 5.79 Å². The molecule has 1 fully saturated rings. The molecule has 0 bridgehead atoms. The molecule has 3 aliphatic rings. The van der Waals surface area contributed by atoms with E-state index >= 15 is 0 Å². The first-order valence-corrected chi connectivity index (χ1v) is 7.52. The van der Waals surface area contributed by atoms with E-state index in [1.807, 2.05) is 12.1 Å². The number of nitrogens with two attached hydrogens (primary N) is 1. The molecule has 3 aliphatic heterocycles. The fourth-order valence-electron chi connectivity index (χ4n) is 3.40. The van der Waals surface area contributed by atoms with Crippen molar-refractivity contribution in [1.29, 1.82) is 0 Å². The third-order valence-corrected chi connectivity index (χ3v) is 4.36. The van der Waals surface area contributed by atoms with Crippen LogP contribution in [-0.4, -0.2) is 32.1 Å². The van der Waals surface area contributed by atoms with E-state index in [0.717, 1.165) is 42.3 Å². The van der Waals surface area contributed by atoms with Crippen LogP contribution in [0.3, 0.4) is 0 Å². The first kappa shape index (κ1) is 13.1. The van der Waals surface area contributed by atoms with Gasteiger partial charge in [0.05, 0.1) is 18.9 Å². The molecule has 0 saturated carbocycles. The van der Waals surface area contributed by atoms with Crippen LogP contribution in [0.4, 0.5) is 11.4 Å². The van der Waals surface area contributed by atoms with Crippen molar-refractivity contribution >= 4 is 17.2 Å². The fourth-order valence-corrected chi connectivity index (χ4v) is 3.40. The molecule has 4 rings (SSSR count). The Hall–Kier alpha value is -1.59. The van der Waals surface area contributed by atoms with E-state index in [9.17, 15) is 0 Å². The summed E-state index contributed by atoms with van der Waals surface area (Å²) in [4.78, 5) is 7.06. The second-order valence-electron chi connectivity index (χ2n) is 6.83. The number of anilines is 2. The third kappa shape index (κ3) is 1.80. The average Bonchev–Trinajstić information content (AvgIpc) is 2.69. The summed E-state index contributed by atoms with van der Waals surface area (Å²) in [6, 6.07) is 5.95. The molecule has 1 aromatic carbocycles. The number of ether oxygens (including phenoxy) is 2. The SMILES string of the molecule is CC1(C)CN=C2N(C1)c1ccc(N)cc1C21OCCCO1. The second-order valence-corrected chi connectivity index (χ2v) is 6.83. The molecular weight excluding hydrogens is 266 g/mol. The van der Waals surface area contributed by atoms with E-state index in [-0.39, 0.29) is 5.41 Å². The van der Waals surface area contributed by atoms with Crippen LogP contribution in [0.5, 0.6) is 0 Å². The fraction of sp³-hybridized carbons (Fsp3) is 0.562. The van der Waals surface area contributed by atoms with Crippen LogP contribution in [0.15, 0.2) is 23.2 Å². The molecule has 1 saturated heterocycles. The predicted molar refractivity (Wildman–Crippen MR) is 82.5 cm³/mol. The maximum Gasteiger partial charge on any atom is 0.257 e. The van der Waals surface area contributed by atoms with Crippen LogP contribution >= 0.6 is 0 Å². The van der Waals surface area contributed by atoms with Gasteiger partial charge in [-0.05, 0) is 24.6 Å². The van der Waals surface area contributed by atoms with Gasteiger partial charge in [-0.2, -0.15) is 0 Å². The lowest BCUT2D eigenvalue weighted by Gasteiger charge is -2.40. The summed E-state index contributed by atoms with van der Waals surface area (Å²) in [5.74, 6) is 0.0431. The summed E-state index contributed by atoms with van der Waals surface area (Å²) in [5.41, 5.74) is 8.97. The Morgan fingerprint density at radius 3 is 2.76 bits per heavy atom. The molecule has 5 heteroatoms. The highest BCUT2D eigenvalue weighted by Gasteiger charge is 2.54. The molecule has 0 amide bonds. The smallest absolute Gasteiger partial charge is 0.257 e. The zero-order chi connectivity index (χ0) is 14.7. The summed E-state index contributed by atoms with van der Waals surface area (Å²) in [6.45, 7) is 7.54. The first-order chi connectivity index (χ1) is 10.0. The predicted octanol–water partition coefficient (Wildman–Crippen LogP) is 2.12. The third-order valence-electron chi connectivity index (χ3n) is 4.36. The summed E-state index contributed by atoms with van der Waals surface area (Å²) in [6.07, 6.45) is 0.915. The van der Waals surface area contributed by atoms with Crippen molar-refractivity contribution in [3.05, 3.63) is 23.8 Å². The van der Waals surface area contributed by atoms with Gasteiger partial charge in [0.2, 0.25) is 0 Å². The van der Waals surface area contributed by atoms with Crippen molar-refractivity contribution in [1.82, 2.24) is 0 Å². The van der Waals surface area contributed by atoms with Crippen molar-refractivity contribution in [2.75, 3.05) is 36.9 Å². The van der Waals surface area contributed by atoms with Crippen LogP contribution in [0.1, 0.15) is 25.8 Å². The molecule has 3 heterocycles. The van der Waals surface area contributed by atoms with E-state index in [4.69, 9.17) is 20.2 Å². The normalized spacial score (nSPS) is 25.4. The van der Waals surface area contributed by atoms with E-state index in [0.29, 0.717) is 13.2 Å². The Morgan fingerprint density at radius 2 is 2.00 bits per heavy atom. The number of rotatable bonds is 0. The van der Waals surface area contributed by atoms with Gasteiger partial charge in [0.1, 0.15) is 0 Å². The highest BCUT2D eigenvalue weighted by atomic mass is 16.7. The van der Waals surface area contributed by atoms with Crippen molar-refractivity contribution in [2.24, 2.45) is 10.4 Å². The van der Waals surface area contributed by atoms with E-state index in [2.05, 4.69) is 24.8 Å². The summed E-state index contributed by atoms with van der Waals surface area (Å²) < 4.78 is 12.2. The maximum absolute atomic E-state index is 6.10. The van der Waals surface area contributed by atoms with Crippen molar-refractivity contribution < 1.29 is 9.47 Å². The van der Waals surface area contributed by atoms with Crippen LogP contribution in [0.2, 0.25) is 0 Å². The minimum absolute atomic E-state index is 0.141. The van der Waals surface area contributed by atoms with Gasteiger partial charge in [0, 0.05) is 29.8 Å². The second kappa shape index (κ2) is 4.21. The number of amidine groups is 1. The van der Waals surface area contributed by atoms with Crippen LogP contribution in [-0.2, 0) is 15.3 Å². The highest BCUT2D eigenvalue weighted by molar-refractivity contribution is 6.10. The molecule has 5 nitrogen and oxygen atoms in total. The molecule has 0 radical (unpaired) electrons. The molecule has 2 N–H and O–H groups in total. The molecular formula is C16H21N3O2. The van der Waals surface area contributed by atoms with Gasteiger partial charge in [-0.15, -0.1) is 0 Å². The van der Waals surface area contributed by atoms with Crippen molar-refractivity contribution in [3.63, 3.8) is 0 Å². The topological polar surface area (TPSA) is 60.1 Å². The Kier molecular flexibility index (Phi) is 2.63. The van der Waals surface area contributed by atoms with Gasteiger partial charge in [0.15, 0.2) is 5.84 Å². The van der Waals surface area contributed by atoms with Crippen molar-refractivity contribution in [3.8, 4) is 0 Å². The summed E-state index contributed by atoms with van der Waals surface area (Å²) in [5, 5.41) is 0. The number of nitrogen functional groups attached to an aromatic ring is 1. The molecule has 0 atom stereocenters. The highest BCUT2D eigenvalue weighted by Crippen LogP contribution is 2.48. The lowest BCUT2D eigenvalue weighted by molar-refractivity contribution is -0.228. The first-order valence-electron chi connectivity index (χ1n) is 7.52. The Balaban J connectivity index is 1.91. The standard InChI is InChI=1S/C16H21N3O2/c1-15(2)9-18-14-16(20-6-3-7-21-16)12-8-11(17)4-5-13(12)19(14)10-15/h4-5,8H,3,6-7,9-10,17H2,1-2H3. The van der Waals surface area contributed by atoms with Gasteiger partial charge >= 0.3 is 0 Å². The number of benzene rings is 1. The van der Waals surface area contributed by atoms with Gasteiger partial charge in [-0.1, -0.05) is 13.8 Å². The number of nitrogens with zero attached hydrogens (tertiary/aromatic N) is 2. The Labute approximate surface area is 124 Å². The molecule has 0 aliphatic carbocycles. The summed E-state index contributed by atoms with van der Waals surface area (Å²) in [7, 11) is 0. The maximum atomic E-state index is 6.10. The number of hydrogen-bond acceptors (Lipinski definition) is 5. The summed E-state index contributed by atoms with van der Waals surface area (Å²) >= 11 is 0. The van der Waals surface area contributed by atoms with Gasteiger partial charge < -0.3 is 20.1 Å². The number of aliphatic imine (C=N–C) groups is 1. The zero-order valence-corrected chi connectivity index (χ0v) is 12.6. The van der Waals surface area contributed by atoms with Crippen molar-refractivity contribution in [2.45, 2.75) is 26.1 Å². The van der Waals surface area contributed by atoms with E-state index in [1.165, 1.54) is 0 Å². The van der Waals surface area contributed by atoms with Gasteiger partial charge in [0.25, 0.3) is 5.79 Å². The van der Waals surface area contributed by atoms with Gasteiger partial charge in [-0.3, -0.25) is 4.99 Å². The molecule has 1 spiro atoms. The van der Waals surface area contributed by atoms with Crippen LogP contribution in [0.25, 0.3) is 0 Å². The molecule has 21 heavy (non-hydrogen) atoms. The number of hydrogen-bond donors (Lipinski definition) is 1. The van der Waals surface area contributed by atoms with E-state index in [1.54, 1.807) is 0 Å². The minimum Gasteiger partial charge on any atom is -0.399 e. The Bertz CT molecular complexity index is 618.